The molecule has 1 aromatic rings. The second-order valence-corrected chi connectivity index (χ2v) is 4.53. The molecule has 2 atom stereocenters. The van der Waals surface area contributed by atoms with E-state index < -0.39 is 0 Å². The molecule has 1 fully saturated rings. The average Bonchev–Trinajstić information content (AvgIpc) is 2.29. The zero-order valence-electron chi connectivity index (χ0n) is 8.62. The SMILES string of the molecule is OCC1CCNCC1c1cccc(Cl)c1. The molecule has 1 aliphatic rings. The van der Waals surface area contributed by atoms with Gasteiger partial charge in [-0.15, -0.1) is 0 Å². The van der Waals surface area contributed by atoms with Crippen LogP contribution in [-0.2, 0) is 0 Å². The van der Waals surface area contributed by atoms with Crippen molar-refractivity contribution in [2.24, 2.45) is 5.92 Å². The Hall–Kier alpha value is -0.570. The van der Waals surface area contributed by atoms with Gasteiger partial charge in [0, 0.05) is 24.1 Å². The van der Waals surface area contributed by atoms with E-state index in [4.69, 9.17) is 11.6 Å². The van der Waals surface area contributed by atoms with Crippen molar-refractivity contribution in [2.75, 3.05) is 19.7 Å². The topological polar surface area (TPSA) is 32.3 Å². The van der Waals surface area contributed by atoms with Gasteiger partial charge in [-0.05, 0) is 36.6 Å². The lowest BCUT2D eigenvalue weighted by molar-refractivity contribution is 0.176. The molecule has 1 aliphatic heterocycles. The first-order valence-electron chi connectivity index (χ1n) is 5.38. The van der Waals surface area contributed by atoms with Crippen LogP contribution in [0.15, 0.2) is 24.3 Å². The molecule has 2 rings (SSSR count). The normalized spacial score (nSPS) is 26.5. The van der Waals surface area contributed by atoms with Gasteiger partial charge >= 0.3 is 0 Å². The van der Waals surface area contributed by atoms with Gasteiger partial charge in [-0.1, -0.05) is 23.7 Å². The fraction of sp³-hybridized carbons (Fsp3) is 0.500. The van der Waals surface area contributed by atoms with Crippen molar-refractivity contribution in [2.45, 2.75) is 12.3 Å². The van der Waals surface area contributed by atoms with Crippen LogP contribution in [-0.4, -0.2) is 24.8 Å². The van der Waals surface area contributed by atoms with Crippen molar-refractivity contribution in [3.8, 4) is 0 Å². The van der Waals surface area contributed by atoms with Crippen LogP contribution >= 0.6 is 11.6 Å². The largest absolute Gasteiger partial charge is 0.396 e. The zero-order chi connectivity index (χ0) is 10.7. The van der Waals surface area contributed by atoms with E-state index in [2.05, 4.69) is 11.4 Å². The van der Waals surface area contributed by atoms with E-state index in [0.29, 0.717) is 11.8 Å². The number of piperidine rings is 1. The van der Waals surface area contributed by atoms with Gasteiger partial charge in [-0.25, -0.2) is 0 Å². The number of rotatable bonds is 2. The Balaban J connectivity index is 2.20. The molecule has 1 saturated heterocycles. The number of benzene rings is 1. The molecule has 0 bridgehead atoms. The molecule has 1 aromatic carbocycles. The molecule has 1 heterocycles. The Morgan fingerprint density at radius 2 is 2.33 bits per heavy atom. The molecule has 0 spiro atoms. The first-order valence-corrected chi connectivity index (χ1v) is 5.76. The van der Waals surface area contributed by atoms with E-state index >= 15 is 0 Å². The van der Waals surface area contributed by atoms with E-state index in [1.807, 2.05) is 18.2 Å². The van der Waals surface area contributed by atoms with Crippen molar-refractivity contribution in [3.63, 3.8) is 0 Å². The molecule has 0 amide bonds. The number of hydrogen-bond acceptors (Lipinski definition) is 2. The van der Waals surface area contributed by atoms with Gasteiger partial charge < -0.3 is 10.4 Å². The number of nitrogens with one attached hydrogen (secondary N) is 1. The minimum absolute atomic E-state index is 0.263. The number of halogens is 1. The zero-order valence-corrected chi connectivity index (χ0v) is 9.37. The maximum Gasteiger partial charge on any atom is 0.0466 e. The highest BCUT2D eigenvalue weighted by atomic mass is 35.5. The molecule has 0 saturated carbocycles. The third-order valence-corrected chi connectivity index (χ3v) is 3.37. The van der Waals surface area contributed by atoms with Gasteiger partial charge in [0.1, 0.15) is 0 Å². The smallest absolute Gasteiger partial charge is 0.0466 e. The molecule has 82 valence electrons. The highest BCUT2D eigenvalue weighted by Gasteiger charge is 2.25. The van der Waals surface area contributed by atoms with Crippen molar-refractivity contribution >= 4 is 11.6 Å². The summed E-state index contributed by atoms with van der Waals surface area (Å²) in [6, 6.07) is 7.95. The monoisotopic (exact) mass is 225 g/mol. The van der Waals surface area contributed by atoms with E-state index in [1.54, 1.807) is 0 Å². The second-order valence-electron chi connectivity index (χ2n) is 4.10. The number of aliphatic hydroxyl groups excluding tert-OH is 1. The predicted molar refractivity (Wildman–Crippen MR) is 62.3 cm³/mol. The lowest BCUT2D eigenvalue weighted by atomic mass is 9.82. The van der Waals surface area contributed by atoms with Crippen LogP contribution in [0.4, 0.5) is 0 Å². The Bertz CT molecular complexity index is 329. The summed E-state index contributed by atoms with van der Waals surface area (Å²) in [5.41, 5.74) is 1.23. The highest BCUT2D eigenvalue weighted by Crippen LogP contribution is 2.30. The van der Waals surface area contributed by atoms with Gasteiger partial charge in [-0.2, -0.15) is 0 Å². The van der Waals surface area contributed by atoms with E-state index in [1.165, 1.54) is 5.56 Å². The van der Waals surface area contributed by atoms with E-state index in [9.17, 15) is 5.11 Å². The Labute approximate surface area is 95.3 Å². The van der Waals surface area contributed by atoms with Gasteiger partial charge in [0.15, 0.2) is 0 Å². The van der Waals surface area contributed by atoms with Crippen molar-refractivity contribution < 1.29 is 5.11 Å². The first-order chi connectivity index (χ1) is 7.31. The Morgan fingerprint density at radius 1 is 1.47 bits per heavy atom. The quantitative estimate of drug-likeness (QED) is 0.807. The summed E-state index contributed by atoms with van der Waals surface area (Å²) in [4.78, 5) is 0. The fourth-order valence-corrected chi connectivity index (χ4v) is 2.46. The summed E-state index contributed by atoms with van der Waals surface area (Å²) in [7, 11) is 0. The minimum Gasteiger partial charge on any atom is -0.396 e. The maximum absolute atomic E-state index is 9.33. The van der Waals surface area contributed by atoms with Crippen molar-refractivity contribution in [3.05, 3.63) is 34.9 Å². The highest BCUT2D eigenvalue weighted by molar-refractivity contribution is 6.30. The number of hydrogen-bond donors (Lipinski definition) is 2. The third kappa shape index (κ3) is 2.51. The van der Waals surface area contributed by atoms with Crippen molar-refractivity contribution in [1.29, 1.82) is 0 Å². The Kier molecular flexibility index (Phi) is 3.62. The van der Waals surface area contributed by atoms with Crippen molar-refractivity contribution in [1.82, 2.24) is 5.32 Å². The van der Waals surface area contributed by atoms with E-state index in [0.717, 1.165) is 24.5 Å². The Morgan fingerprint density at radius 3 is 3.07 bits per heavy atom. The summed E-state index contributed by atoms with van der Waals surface area (Å²) in [5, 5.41) is 13.5. The van der Waals surface area contributed by atoms with Gasteiger partial charge in [0.05, 0.1) is 0 Å². The summed E-state index contributed by atoms with van der Waals surface area (Å²) < 4.78 is 0. The minimum atomic E-state index is 0.263. The van der Waals surface area contributed by atoms with Gasteiger partial charge in [0.2, 0.25) is 0 Å². The molecule has 2 nitrogen and oxygen atoms in total. The molecule has 2 N–H and O–H groups in total. The lowest BCUT2D eigenvalue weighted by Gasteiger charge is -2.31. The van der Waals surface area contributed by atoms with Crippen LogP contribution in [0.3, 0.4) is 0 Å². The maximum atomic E-state index is 9.33. The van der Waals surface area contributed by atoms with Crippen LogP contribution in [0.1, 0.15) is 17.9 Å². The standard InChI is InChI=1S/C12H16ClNO/c13-11-3-1-2-9(6-11)12-7-14-5-4-10(12)8-15/h1-3,6,10,12,14-15H,4-5,7-8H2. The molecule has 15 heavy (non-hydrogen) atoms. The van der Waals surface area contributed by atoms with Crippen LogP contribution in [0.5, 0.6) is 0 Å². The molecule has 3 heteroatoms. The van der Waals surface area contributed by atoms with Crippen LogP contribution < -0.4 is 5.32 Å². The number of aliphatic hydroxyl groups is 1. The first kappa shape index (κ1) is 10.9. The van der Waals surface area contributed by atoms with E-state index in [-0.39, 0.29) is 6.61 Å². The summed E-state index contributed by atoms with van der Waals surface area (Å²) in [6.07, 6.45) is 1.04. The molecular weight excluding hydrogens is 210 g/mol. The molecule has 0 radical (unpaired) electrons. The summed E-state index contributed by atoms with van der Waals surface area (Å²) >= 11 is 5.97. The molecular formula is C12H16ClNO. The van der Waals surface area contributed by atoms with Crippen LogP contribution in [0.2, 0.25) is 5.02 Å². The molecule has 2 unspecified atom stereocenters. The average molecular weight is 226 g/mol. The fourth-order valence-electron chi connectivity index (χ4n) is 2.26. The molecule has 0 aromatic heterocycles. The summed E-state index contributed by atoms with van der Waals surface area (Å²) in [5.74, 6) is 0.757. The molecule has 0 aliphatic carbocycles. The second kappa shape index (κ2) is 4.97. The van der Waals surface area contributed by atoms with Gasteiger partial charge in [-0.3, -0.25) is 0 Å². The van der Waals surface area contributed by atoms with Crippen LogP contribution in [0, 0.1) is 5.92 Å². The van der Waals surface area contributed by atoms with Gasteiger partial charge in [0.25, 0.3) is 0 Å². The third-order valence-electron chi connectivity index (χ3n) is 3.14. The lowest BCUT2D eigenvalue weighted by Crippen LogP contribution is -2.36. The predicted octanol–water partition coefficient (Wildman–Crippen LogP) is 2.03. The van der Waals surface area contributed by atoms with Crippen LogP contribution in [0.25, 0.3) is 0 Å². The summed E-state index contributed by atoms with van der Waals surface area (Å²) in [6.45, 7) is 2.20.